The number of terminal acetylenes is 1. The summed E-state index contributed by atoms with van der Waals surface area (Å²) in [6.07, 6.45) is 19.5. The van der Waals surface area contributed by atoms with Gasteiger partial charge in [-0.2, -0.15) is 0 Å². The first-order valence-electron chi connectivity index (χ1n) is 10.9. The van der Waals surface area contributed by atoms with Gasteiger partial charge < -0.3 is 20.4 Å². The van der Waals surface area contributed by atoms with Gasteiger partial charge in [-0.25, -0.2) is 0 Å². The van der Waals surface area contributed by atoms with Crippen molar-refractivity contribution in [3.8, 4) is 12.3 Å². The van der Waals surface area contributed by atoms with E-state index in [4.69, 9.17) is 11.5 Å². The van der Waals surface area contributed by atoms with E-state index in [1.54, 1.807) is 0 Å². The molecule has 5 nitrogen and oxygen atoms in total. The standard InChI is InChI=1S/C24H38O5/c1-3-5-6-11-16-24(29,4-2)17-12-14-20-19(21(25)18-22(20)26)13-9-7-8-10-15-23(27)28/h2,7,9,12,14,19-22,25-26,29H,3,5-6,8,10-11,13,15-18H2,1H3,(H,27,28)/b9-7-,14-12+/t19-,20-,21-,22-,24?/m1/s1. The zero-order valence-electron chi connectivity index (χ0n) is 17.7. The lowest BCUT2D eigenvalue weighted by Gasteiger charge is -2.22. The molecule has 1 saturated carbocycles. The zero-order valence-corrected chi connectivity index (χ0v) is 17.7. The first-order chi connectivity index (χ1) is 13.8. The van der Waals surface area contributed by atoms with Crippen molar-refractivity contribution in [2.24, 2.45) is 11.8 Å². The molecular weight excluding hydrogens is 368 g/mol. The molecule has 0 amide bonds. The minimum absolute atomic E-state index is 0.0968. The topological polar surface area (TPSA) is 98.0 Å². The van der Waals surface area contributed by atoms with Crippen molar-refractivity contribution in [1.29, 1.82) is 0 Å². The lowest BCUT2D eigenvalue weighted by Crippen LogP contribution is -2.26. The quantitative estimate of drug-likeness (QED) is 0.200. The number of aliphatic hydroxyl groups excluding tert-OH is 2. The fraction of sp³-hybridized carbons (Fsp3) is 0.708. The van der Waals surface area contributed by atoms with E-state index < -0.39 is 23.8 Å². The summed E-state index contributed by atoms with van der Waals surface area (Å²) >= 11 is 0. The van der Waals surface area contributed by atoms with E-state index in [0.717, 1.165) is 25.7 Å². The summed E-state index contributed by atoms with van der Waals surface area (Å²) in [6, 6.07) is 0. The number of hydrogen-bond donors (Lipinski definition) is 4. The maximum Gasteiger partial charge on any atom is 0.303 e. The summed E-state index contributed by atoms with van der Waals surface area (Å²) in [4.78, 5) is 10.5. The molecule has 0 aliphatic heterocycles. The molecule has 0 aromatic heterocycles. The van der Waals surface area contributed by atoms with Crippen molar-refractivity contribution in [1.82, 2.24) is 0 Å². The summed E-state index contributed by atoms with van der Waals surface area (Å²) in [5, 5.41) is 39.8. The van der Waals surface area contributed by atoms with Crippen LogP contribution in [-0.2, 0) is 4.79 Å². The fourth-order valence-electron chi connectivity index (χ4n) is 3.95. The molecule has 5 atom stereocenters. The summed E-state index contributed by atoms with van der Waals surface area (Å²) in [7, 11) is 0. The smallest absolute Gasteiger partial charge is 0.303 e. The van der Waals surface area contributed by atoms with Gasteiger partial charge in [0.25, 0.3) is 0 Å². The molecular formula is C24H38O5. The molecule has 1 rings (SSSR count). The molecule has 1 aliphatic carbocycles. The molecule has 0 saturated heterocycles. The Morgan fingerprint density at radius 1 is 1.14 bits per heavy atom. The second-order valence-corrected chi connectivity index (χ2v) is 8.22. The van der Waals surface area contributed by atoms with E-state index in [0.29, 0.717) is 38.5 Å². The van der Waals surface area contributed by atoms with Gasteiger partial charge in [-0.3, -0.25) is 4.79 Å². The van der Waals surface area contributed by atoms with Crippen LogP contribution in [0.2, 0.25) is 0 Å². The molecule has 4 N–H and O–H groups in total. The zero-order chi connectivity index (χ0) is 21.7. The van der Waals surface area contributed by atoms with Gasteiger partial charge in [-0.05, 0) is 38.0 Å². The second kappa shape index (κ2) is 13.6. The van der Waals surface area contributed by atoms with Crippen LogP contribution in [0.4, 0.5) is 0 Å². The minimum Gasteiger partial charge on any atom is -0.481 e. The molecule has 0 spiro atoms. The van der Waals surface area contributed by atoms with Gasteiger partial charge in [0.15, 0.2) is 0 Å². The van der Waals surface area contributed by atoms with Gasteiger partial charge in [0.2, 0.25) is 0 Å². The van der Waals surface area contributed by atoms with Crippen molar-refractivity contribution in [3.63, 3.8) is 0 Å². The molecule has 5 heteroatoms. The lowest BCUT2D eigenvalue weighted by molar-refractivity contribution is -0.137. The van der Waals surface area contributed by atoms with Crippen LogP contribution in [0.5, 0.6) is 0 Å². The molecule has 0 radical (unpaired) electrons. The van der Waals surface area contributed by atoms with E-state index in [2.05, 4.69) is 12.8 Å². The van der Waals surface area contributed by atoms with Crippen LogP contribution in [0, 0.1) is 24.2 Å². The van der Waals surface area contributed by atoms with Gasteiger partial charge >= 0.3 is 5.97 Å². The maximum absolute atomic E-state index is 10.6. The van der Waals surface area contributed by atoms with E-state index in [-0.39, 0.29) is 18.3 Å². The highest BCUT2D eigenvalue weighted by Gasteiger charge is 2.39. The Morgan fingerprint density at radius 3 is 2.55 bits per heavy atom. The Labute approximate surface area is 175 Å². The molecule has 1 fully saturated rings. The predicted molar refractivity (Wildman–Crippen MR) is 115 cm³/mol. The monoisotopic (exact) mass is 406 g/mol. The van der Waals surface area contributed by atoms with Crippen molar-refractivity contribution in [2.45, 2.75) is 95.4 Å². The average Bonchev–Trinajstić information content (AvgIpc) is 2.94. The van der Waals surface area contributed by atoms with Crippen LogP contribution < -0.4 is 0 Å². The van der Waals surface area contributed by atoms with Crippen LogP contribution >= 0.6 is 0 Å². The molecule has 0 aromatic rings. The number of allylic oxidation sites excluding steroid dienone is 2. The summed E-state index contributed by atoms with van der Waals surface area (Å²) in [6.45, 7) is 2.14. The van der Waals surface area contributed by atoms with Crippen LogP contribution in [-0.4, -0.2) is 44.2 Å². The summed E-state index contributed by atoms with van der Waals surface area (Å²) < 4.78 is 0. The third kappa shape index (κ3) is 9.62. The van der Waals surface area contributed by atoms with Crippen molar-refractivity contribution < 1.29 is 25.2 Å². The van der Waals surface area contributed by atoms with Gasteiger partial charge in [-0.15, -0.1) is 6.42 Å². The maximum atomic E-state index is 10.6. The van der Waals surface area contributed by atoms with E-state index in [9.17, 15) is 20.1 Å². The molecule has 0 bridgehead atoms. The largest absolute Gasteiger partial charge is 0.481 e. The third-order valence-corrected chi connectivity index (χ3v) is 5.78. The molecule has 0 aromatic carbocycles. The fourth-order valence-corrected chi connectivity index (χ4v) is 3.95. The van der Waals surface area contributed by atoms with Crippen molar-refractivity contribution in [3.05, 3.63) is 24.3 Å². The van der Waals surface area contributed by atoms with Gasteiger partial charge in [-0.1, -0.05) is 56.4 Å². The Kier molecular flexibility index (Phi) is 11.9. The number of carboxylic acids is 1. The molecule has 1 unspecified atom stereocenters. The number of rotatable bonds is 14. The van der Waals surface area contributed by atoms with Crippen LogP contribution in [0.1, 0.15) is 77.6 Å². The lowest BCUT2D eigenvalue weighted by atomic mass is 9.88. The Balaban J connectivity index is 2.56. The highest BCUT2D eigenvalue weighted by Crippen LogP contribution is 2.36. The SMILES string of the molecule is C#CC(O)(C/C=C/[C@@H]1[C@@H](C/C=C\CCCC(=O)O)[C@H](O)C[C@H]1O)CCCCCC. The number of aliphatic carboxylic acids is 1. The highest BCUT2D eigenvalue weighted by atomic mass is 16.4. The first-order valence-corrected chi connectivity index (χ1v) is 10.9. The average molecular weight is 407 g/mol. The predicted octanol–water partition coefficient (Wildman–Crippen LogP) is 3.83. The van der Waals surface area contributed by atoms with E-state index >= 15 is 0 Å². The molecule has 29 heavy (non-hydrogen) atoms. The molecule has 1 aliphatic rings. The van der Waals surface area contributed by atoms with E-state index in [1.165, 1.54) is 0 Å². The normalized spacial score (nSPS) is 26.7. The van der Waals surface area contributed by atoms with Crippen LogP contribution in [0.15, 0.2) is 24.3 Å². The Bertz CT molecular complexity index is 576. The number of carbonyl (C=O) groups is 1. The Morgan fingerprint density at radius 2 is 1.90 bits per heavy atom. The number of carboxylic acid groups (broad SMARTS) is 1. The van der Waals surface area contributed by atoms with Crippen molar-refractivity contribution in [2.75, 3.05) is 0 Å². The molecule has 0 heterocycles. The Hall–Kier alpha value is -1.61. The van der Waals surface area contributed by atoms with Gasteiger partial charge in [0.05, 0.1) is 12.2 Å². The third-order valence-electron chi connectivity index (χ3n) is 5.78. The van der Waals surface area contributed by atoms with Gasteiger partial charge in [0, 0.05) is 25.2 Å². The van der Waals surface area contributed by atoms with Gasteiger partial charge in [0.1, 0.15) is 5.60 Å². The number of aliphatic hydroxyl groups is 3. The number of unbranched alkanes of at least 4 members (excludes halogenated alkanes) is 4. The second-order valence-electron chi connectivity index (χ2n) is 8.22. The van der Waals surface area contributed by atoms with Crippen molar-refractivity contribution >= 4 is 5.97 Å². The summed E-state index contributed by atoms with van der Waals surface area (Å²) in [5.74, 6) is 1.44. The van der Waals surface area contributed by atoms with E-state index in [1.807, 2.05) is 24.3 Å². The van der Waals surface area contributed by atoms with Crippen LogP contribution in [0.3, 0.4) is 0 Å². The number of hydrogen-bond acceptors (Lipinski definition) is 4. The molecule has 164 valence electrons. The first kappa shape index (κ1) is 25.4. The van der Waals surface area contributed by atoms with Crippen LogP contribution in [0.25, 0.3) is 0 Å². The summed E-state index contributed by atoms with van der Waals surface area (Å²) in [5.41, 5.74) is -1.16. The highest BCUT2D eigenvalue weighted by molar-refractivity contribution is 5.66. The minimum atomic E-state index is -1.16.